The van der Waals surface area contributed by atoms with Gasteiger partial charge in [0.05, 0.1) is 20.0 Å². The third-order valence-electron chi connectivity index (χ3n) is 6.72. The number of rotatable bonds is 9. The molecule has 4 amide bonds. The van der Waals surface area contributed by atoms with Crippen LogP contribution in [0, 0.1) is 12.8 Å². The van der Waals surface area contributed by atoms with Crippen molar-refractivity contribution in [3.8, 4) is 0 Å². The molecule has 0 aromatic heterocycles. The molecule has 0 saturated carbocycles. The molecule has 0 radical (unpaired) electrons. The van der Waals surface area contributed by atoms with Crippen molar-refractivity contribution >= 4 is 35.2 Å². The molecular weight excluding hydrogens is 484 g/mol. The number of esters is 1. The third-order valence-corrected chi connectivity index (χ3v) is 6.72. The number of benzene rings is 2. The SMILES string of the molecule is COC(=O)CC(C)N1CCN(C(=O)Cc2ccc(NC(=O)Nc3ccccc3C)cc2)C(CC(C)C)C1=O. The molecule has 2 atom stereocenters. The zero-order valence-electron chi connectivity index (χ0n) is 22.8. The van der Waals surface area contributed by atoms with Crippen molar-refractivity contribution in [2.45, 2.75) is 59.0 Å². The van der Waals surface area contributed by atoms with Crippen LogP contribution in [-0.2, 0) is 25.5 Å². The van der Waals surface area contributed by atoms with Gasteiger partial charge in [-0.2, -0.15) is 0 Å². The normalized spacial score (nSPS) is 16.3. The molecule has 2 aromatic carbocycles. The molecule has 38 heavy (non-hydrogen) atoms. The highest BCUT2D eigenvalue weighted by Crippen LogP contribution is 2.23. The van der Waals surface area contributed by atoms with Gasteiger partial charge in [-0.25, -0.2) is 4.79 Å². The number of piperazine rings is 1. The molecule has 2 unspecified atom stereocenters. The monoisotopic (exact) mass is 522 g/mol. The van der Waals surface area contributed by atoms with Crippen LogP contribution in [0.25, 0.3) is 0 Å². The maximum absolute atomic E-state index is 13.4. The summed E-state index contributed by atoms with van der Waals surface area (Å²) in [7, 11) is 1.33. The number of aryl methyl sites for hydroxylation is 1. The number of anilines is 2. The quantitative estimate of drug-likeness (QED) is 0.480. The minimum absolute atomic E-state index is 0.119. The fourth-order valence-electron chi connectivity index (χ4n) is 4.63. The summed E-state index contributed by atoms with van der Waals surface area (Å²) in [5, 5.41) is 5.63. The second-order valence-corrected chi connectivity index (χ2v) is 10.2. The maximum atomic E-state index is 13.4. The van der Waals surface area contributed by atoms with Gasteiger partial charge in [-0.3, -0.25) is 14.4 Å². The summed E-state index contributed by atoms with van der Waals surface area (Å²) in [5.41, 5.74) is 3.09. The molecule has 1 aliphatic heterocycles. The van der Waals surface area contributed by atoms with E-state index in [9.17, 15) is 19.2 Å². The maximum Gasteiger partial charge on any atom is 0.323 e. The molecule has 1 saturated heterocycles. The number of carbonyl (C=O) groups excluding carboxylic acids is 4. The Hall–Kier alpha value is -3.88. The highest BCUT2D eigenvalue weighted by atomic mass is 16.5. The number of ether oxygens (including phenoxy) is 1. The Morgan fingerprint density at radius 1 is 1.00 bits per heavy atom. The molecule has 9 heteroatoms. The number of methoxy groups -OCH3 is 1. The first-order valence-electron chi connectivity index (χ1n) is 13.0. The second kappa shape index (κ2) is 13.1. The minimum atomic E-state index is -0.567. The molecule has 0 bridgehead atoms. The molecular formula is C29H38N4O5. The van der Waals surface area contributed by atoms with E-state index in [1.807, 2.05) is 52.0 Å². The van der Waals surface area contributed by atoms with E-state index < -0.39 is 6.04 Å². The van der Waals surface area contributed by atoms with Crippen molar-refractivity contribution in [1.82, 2.24) is 9.80 Å². The van der Waals surface area contributed by atoms with E-state index in [1.54, 1.807) is 34.1 Å². The average Bonchev–Trinajstić information content (AvgIpc) is 2.87. The lowest BCUT2D eigenvalue weighted by Crippen LogP contribution is -2.61. The number of urea groups is 1. The van der Waals surface area contributed by atoms with Crippen molar-refractivity contribution < 1.29 is 23.9 Å². The first-order valence-corrected chi connectivity index (χ1v) is 13.0. The first kappa shape index (κ1) is 28.7. The summed E-state index contributed by atoms with van der Waals surface area (Å²) in [4.78, 5) is 54.1. The molecule has 0 spiro atoms. The Labute approximate surface area is 224 Å². The largest absolute Gasteiger partial charge is 0.469 e. The summed E-state index contributed by atoms with van der Waals surface area (Å²) in [6.45, 7) is 8.57. The van der Waals surface area contributed by atoms with Gasteiger partial charge in [0.2, 0.25) is 11.8 Å². The molecule has 0 aliphatic carbocycles. The number of nitrogens with zero attached hydrogens (tertiary/aromatic N) is 2. The van der Waals surface area contributed by atoms with Crippen LogP contribution in [0.15, 0.2) is 48.5 Å². The van der Waals surface area contributed by atoms with E-state index in [2.05, 4.69) is 10.6 Å². The molecule has 1 aliphatic rings. The number of hydrogen-bond donors (Lipinski definition) is 2. The van der Waals surface area contributed by atoms with E-state index in [0.717, 1.165) is 16.8 Å². The van der Waals surface area contributed by atoms with Crippen molar-refractivity contribution in [2.75, 3.05) is 30.8 Å². The Morgan fingerprint density at radius 3 is 2.32 bits per heavy atom. The second-order valence-electron chi connectivity index (χ2n) is 10.2. The lowest BCUT2D eigenvalue weighted by molar-refractivity contribution is -0.155. The highest BCUT2D eigenvalue weighted by molar-refractivity contribution is 6.00. The topological polar surface area (TPSA) is 108 Å². The van der Waals surface area contributed by atoms with E-state index in [1.165, 1.54) is 7.11 Å². The zero-order chi connectivity index (χ0) is 27.8. The van der Waals surface area contributed by atoms with Gasteiger partial charge in [0.25, 0.3) is 0 Å². The minimum Gasteiger partial charge on any atom is -0.469 e. The number of hydrogen-bond acceptors (Lipinski definition) is 5. The smallest absolute Gasteiger partial charge is 0.323 e. The van der Waals surface area contributed by atoms with Gasteiger partial charge in [-0.05, 0) is 55.5 Å². The zero-order valence-corrected chi connectivity index (χ0v) is 22.8. The molecule has 2 aromatic rings. The third kappa shape index (κ3) is 7.57. The Morgan fingerprint density at radius 2 is 1.68 bits per heavy atom. The van der Waals surface area contributed by atoms with Gasteiger partial charge in [0.15, 0.2) is 0 Å². The van der Waals surface area contributed by atoms with E-state index in [0.29, 0.717) is 25.2 Å². The molecule has 204 valence electrons. The van der Waals surface area contributed by atoms with Gasteiger partial charge in [0, 0.05) is 30.5 Å². The number of amides is 4. The summed E-state index contributed by atoms with van der Waals surface area (Å²) >= 11 is 0. The van der Waals surface area contributed by atoms with Crippen molar-refractivity contribution in [2.24, 2.45) is 5.92 Å². The highest BCUT2D eigenvalue weighted by Gasteiger charge is 2.39. The van der Waals surface area contributed by atoms with Gasteiger partial charge in [0.1, 0.15) is 6.04 Å². The summed E-state index contributed by atoms with van der Waals surface area (Å²) in [6.07, 6.45) is 0.814. The molecule has 1 fully saturated rings. The lowest BCUT2D eigenvalue weighted by atomic mass is 9.97. The van der Waals surface area contributed by atoms with Crippen molar-refractivity contribution in [1.29, 1.82) is 0 Å². The lowest BCUT2D eigenvalue weighted by Gasteiger charge is -2.43. The average molecular weight is 523 g/mol. The fourth-order valence-corrected chi connectivity index (χ4v) is 4.63. The van der Waals surface area contributed by atoms with E-state index in [4.69, 9.17) is 4.74 Å². The predicted octanol–water partition coefficient (Wildman–Crippen LogP) is 4.22. The standard InChI is InChI=1S/C29H38N4O5/c1-19(2)16-25-28(36)32(21(4)17-27(35)38-5)14-15-33(25)26(34)18-22-10-12-23(13-11-22)30-29(37)31-24-9-7-6-8-20(24)3/h6-13,19,21,25H,14-18H2,1-5H3,(H2,30,31,37). The van der Waals surface area contributed by atoms with Crippen LogP contribution in [0.4, 0.5) is 16.2 Å². The van der Waals surface area contributed by atoms with Crippen LogP contribution in [-0.4, -0.2) is 65.9 Å². The Kier molecular flexibility index (Phi) is 9.87. The summed E-state index contributed by atoms with van der Waals surface area (Å²) in [6, 6.07) is 13.4. The van der Waals surface area contributed by atoms with E-state index >= 15 is 0 Å². The molecule has 9 nitrogen and oxygen atoms in total. The molecule has 2 N–H and O–H groups in total. The van der Waals surface area contributed by atoms with Crippen LogP contribution < -0.4 is 10.6 Å². The first-order chi connectivity index (χ1) is 18.1. The van der Waals surface area contributed by atoms with Gasteiger partial charge in [-0.15, -0.1) is 0 Å². The number of carbonyl (C=O) groups is 4. The van der Waals surface area contributed by atoms with Gasteiger partial charge >= 0.3 is 12.0 Å². The Bertz CT molecular complexity index is 1150. The fraction of sp³-hybridized carbons (Fsp3) is 0.448. The van der Waals surface area contributed by atoms with E-state index in [-0.39, 0.29) is 48.6 Å². The van der Waals surface area contributed by atoms with Gasteiger partial charge < -0.3 is 25.2 Å². The van der Waals surface area contributed by atoms with Crippen LogP contribution in [0.5, 0.6) is 0 Å². The summed E-state index contributed by atoms with van der Waals surface area (Å²) in [5.74, 6) is -0.405. The predicted molar refractivity (Wildman–Crippen MR) is 147 cm³/mol. The summed E-state index contributed by atoms with van der Waals surface area (Å²) < 4.78 is 4.76. The van der Waals surface area contributed by atoms with Crippen LogP contribution in [0.2, 0.25) is 0 Å². The van der Waals surface area contributed by atoms with Crippen molar-refractivity contribution in [3.05, 3.63) is 59.7 Å². The number of para-hydroxylation sites is 1. The van der Waals surface area contributed by atoms with Crippen LogP contribution >= 0.6 is 0 Å². The number of nitrogens with one attached hydrogen (secondary N) is 2. The van der Waals surface area contributed by atoms with Crippen LogP contribution in [0.1, 0.15) is 44.7 Å². The molecule has 1 heterocycles. The van der Waals surface area contributed by atoms with Gasteiger partial charge in [-0.1, -0.05) is 44.2 Å². The molecule has 3 rings (SSSR count). The van der Waals surface area contributed by atoms with Crippen molar-refractivity contribution in [3.63, 3.8) is 0 Å². The van der Waals surface area contributed by atoms with Crippen LogP contribution in [0.3, 0.4) is 0 Å². The Balaban J connectivity index is 1.62.